The first kappa shape index (κ1) is 26.7. The highest BCUT2D eigenvalue weighted by molar-refractivity contribution is 7.26. The van der Waals surface area contributed by atoms with Crippen molar-refractivity contribution < 1.29 is 0 Å². The van der Waals surface area contributed by atoms with Gasteiger partial charge in [0.2, 0.25) is 0 Å². The summed E-state index contributed by atoms with van der Waals surface area (Å²) in [6, 6.07) is 61.4. The van der Waals surface area contributed by atoms with Gasteiger partial charge in [0.1, 0.15) is 0 Å². The third-order valence-electron chi connectivity index (χ3n) is 9.06. The van der Waals surface area contributed by atoms with Crippen LogP contribution in [0.25, 0.3) is 81.3 Å². The Kier molecular flexibility index (Phi) is 6.40. The van der Waals surface area contributed by atoms with Crippen LogP contribution in [0.3, 0.4) is 0 Å². The standard InChI is InChI=1S/C44H29NS/c1-3-12-30(13-4-1)31-24-26-33(27-25-31)36-19-10-21-39-40-22-11-20-37(44(40)46-43(36)39)34-16-9-17-35(28-34)45-29-41(32-14-5-2-6-15-32)38-18-7-8-23-42(38)45/h1-29H. The molecule has 0 spiro atoms. The molecule has 2 heteroatoms. The van der Waals surface area contributed by atoms with Gasteiger partial charge in [-0.3, -0.25) is 0 Å². The SMILES string of the molecule is c1ccc(-c2ccc(-c3cccc4c3sc3c(-c5cccc(-n6cc(-c7ccccc7)c7ccccc76)c5)cccc34)cc2)cc1. The van der Waals surface area contributed by atoms with Gasteiger partial charge in [0.25, 0.3) is 0 Å². The summed E-state index contributed by atoms with van der Waals surface area (Å²) in [6.45, 7) is 0. The Labute approximate surface area is 272 Å². The lowest BCUT2D eigenvalue weighted by atomic mass is 9.98. The monoisotopic (exact) mass is 603 g/mol. The van der Waals surface area contributed by atoms with E-state index in [1.54, 1.807) is 0 Å². The molecule has 0 saturated heterocycles. The van der Waals surface area contributed by atoms with Crippen LogP contribution in [0.2, 0.25) is 0 Å². The molecular formula is C44H29NS. The minimum Gasteiger partial charge on any atom is -0.316 e. The van der Waals surface area contributed by atoms with Gasteiger partial charge in [0.15, 0.2) is 0 Å². The van der Waals surface area contributed by atoms with E-state index >= 15 is 0 Å². The molecule has 0 saturated carbocycles. The Balaban J connectivity index is 1.16. The van der Waals surface area contributed by atoms with Gasteiger partial charge < -0.3 is 4.57 Å². The quantitative estimate of drug-likeness (QED) is 0.184. The fraction of sp³-hybridized carbons (Fsp3) is 0. The van der Waals surface area contributed by atoms with Crippen molar-refractivity contribution in [2.75, 3.05) is 0 Å². The second kappa shape index (κ2) is 11.0. The van der Waals surface area contributed by atoms with Gasteiger partial charge in [-0.05, 0) is 57.1 Å². The number of nitrogens with zero attached hydrogens (tertiary/aromatic N) is 1. The minimum atomic E-state index is 1.16. The van der Waals surface area contributed by atoms with Gasteiger partial charge in [0.05, 0.1) is 5.52 Å². The molecule has 0 aliphatic heterocycles. The number of thiophene rings is 1. The van der Waals surface area contributed by atoms with Crippen LogP contribution in [0, 0.1) is 0 Å². The summed E-state index contributed by atoms with van der Waals surface area (Å²) < 4.78 is 4.99. The van der Waals surface area contributed by atoms with E-state index in [4.69, 9.17) is 0 Å². The topological polar surface area (TPSA) is 4.93 Å². The maximum atomic E-state index is 2.34. The second-order valence-corrected chi connectivity index (χ2v) is 12.8. The van der Waals surface area contributed by atoms with Crippen LogP contribution in [0.1, 0.15) is 0 Å². The highest BCUT2D eigenvalue weighted by Crippen LogP contribution is 2.44. The molecule has 2 heterocycles. The number of fused-ring (bicyclic) bond motifs is 4. The van der Waals surface area contributed by atoms with Gasteiger partial charge in [-0.1, -0.05) is 152 Å². The van der Waals surface area contributed by atoms with Crippen molar-refractivity contribution in [3.05, 3.63) is 176 Å². The summed E-state index contributed by atoms with van der Waals surface area (Å²) >= 11 is 1.90. The van der Waals surface area contributed by atoms with Crippen molar-refractivity contribution in [1.82, 2.24) is 4.57 Å². The molecule has 0 atom stereocenters. The van der Waals surface area contributed by atoms with E-state index in [0.29, 0.717) is 0 Å². The number of benzene rings is 7. The predicted molar refractivity (Wildman–Crippen MR) is 198 cm³/mol. The Morgan fingerprint density at radius 3 is 1.57 bits per heavy atom. The van der Waals surface area contributed by atoms with Crippen LogP contribution in [0.5, 0.6) is 0 Å². The second-order valence-electron chi connectivity index (χ2n) is 11.8. The van der Waals surface area contributed by atoms with Crippen LogP contribution in [0.4, 0.5) is 0 Å². The molecule has 0 amide bonds. The molecule has 0 unspecified atom stereocenters. The highest BCUT2D eigenvalue weighted by atomic mass is 32.1. The number of hydrogen-bond acceptors (Lipinski definition) is 1. The van der Waals surface area contributed by atoms with Crippen molar-refractivity contribution in [2.24, 2.45) is 0 Å². The molecule has 0 bridgehead atoms. The van der Waals surface area contributed by atoms with E-state index in [0.717, 1.165) is 5.69 Å². The number of rotatable bonds is 5. The first-order valence-corrected chi connectivity index (χ1v) is 16.5. The Morgan fingerprint density at radius 1 is 0.348 bits per heavy atom. The molecule has 9 aromatic rings. The molecule has 0 aliphatic carbocycles. The van der Waals surface area contributed by atoms with Crippen molar-refractivity contribution in [3.63, 3.8) is 0 Å². The maximum Gasteiger partial charge on any atom is 0.0534 e. The average Bonchev–Trinajstić information content (AvgIpc) is 3.72. The lowest BCUT2D eigenvalue weighted by Crippen LogP contribution is -1.92. The zero-order valence-corrected chi connectivity index (χ0v) is 25.9. The normalized spacial score (nSPS) is 11.5. The van der Waals surface area contributed by atoms with E-state index in [9.17, 15) is 0 Å². The third-order valence-corrected chi connectivity index (χ3v) is 10.3. The third kappa shape index (κ3) is 4.46. The van der Waals surface area contributed by atoms with Gasteiger partial charge >= 0.3 is 0 Å². The van der Waals surface area contributed by atoms with Crippen molar-refractivity contribution >= 4 is 42.4 Å². The summed E-state index contributed by atoms with van der Waals surface area (Å²) in [5.41, 5.74) is 12.3. The summed E-state index contributed by atoms with van der Waals surface area (Å²) in [4.78, 5) is 0. The Bertz CT molecular complexity index is 2500. The summed E-state index contributed by atoms with van der Waals surface area (Å²) in [5.74, 6) is 0. The average molecular weight is 604 g/mol. The fourth-order valence-electron chi connectivity index (χ4n) is 6.81. The first-order valence-electron chi connectivity index (χ1n) is 15.7. The molecule has 9 rings (SSSR count). The molecule has 46 heavy (non-hydrogen) atoms. The lowest BCUT2D eigenvalue weighted by Gasteiger charge is -2.09. The summed E-state index contributed by atoms with van der Waals surface area (Å²) in [7, 11) is 0. The molecule has 2 aromatic heterocycles. The molecular weight excluding hydrogens is 575 g/mol. The maximum absolute atomic E-state index is 2.34. The fourth-order valence-corrected chi connectivity index (χ4v) is 8.18. The number of aromatic nitrogens is 1. The molecule has 0 fully saturated rings. The van der Waals surface area contributed by atoms with Gasteiger partial charge in [-0.2, -0.15) is 0 Å². The Hall–Kier alpha value is -5.70. The largest absolute Gasteiger partial charge is 0.316 e. The molecule has 1 nitrogen and oxygen atoms in total. The summed E-state index contributed by atoms with van der Waals surface area (Å²) in [6.07, 6.45) is 2.29. The van der Waals surface area contributed by atoms with Crippen molar-refractivity contribution in [3.8, 4) is 50.2 Å². The lowest BCUT2D eigenvalue weighted by molar-refractivity contribution is 1.13. The van der Waals surface area contributed by atoms with E-state index < -0.39 is 0 Å². The molecule has 216 valence electrons. The highest BCUT2D eigenvalue weighted by Gasteiger charge is 2.16. The van der Waals surface area contributed by atoms with E-state index in [1.165, 1.54) is 75.6 Å². The molecule has 0 radical (unpaired) electrons. The van der Waals surface area contributed by atoms with E-state index in [2.05, 4.69) is 181 Å². The molecule has 0 aliphatic rings. The molecule has 0 N–H and O–H groups in total. The first-order chi connectivity index (χ1) is 22.8. The number of para-hydroxylation sites is 1. The van der Waals surface area contributed by atoms with E-state index in [1.807, 2.05) is 11.3 Å². The van der Waals surface area contributed by atoms with Gasteiger partial charge in [-0.25, -0.2) is 0 Å². The van der Waals surface area contributed by atoms with Crippen LogP contribution >= 0.6 is 11.3 Å². The summed E-state index contributed by atoms with van der Waals surface area (Å²) in [5, 5.41) is 3.88. The predicted octanol–water partition coefficient (Wildman–Crippen LogP) is 12.7. The van der Waals surface area contributed by atoms with Gasteiger partial charge in [0, 0.05) is 43.0 Å². The van der Waals surface area contributed by atoms with Crippen LogP contribution in [-0.4, -0.2) is 4.57 Å². The van der Waals surface area contributed by atoms with Crippen LogP contribution < -0.4 is 0 Å². The van der Waals surface area contributed by atoms with E-state index in [-0.39, 0.29) is 0 Å². The van der Waals surface area contributed by atoms with Crippen LogP contribution in [0.15, 0.2) is 176 Å². The Morgan fingerprint density at radius 2 is 0.848 bits per heavy atom. The van der Waals surface area contributed by atoms with Gasteiger partial charge in [-0.15, -0.1) is 11.3 Å². The zero-order valence-electron chi connectivity index (χ0n) is 25.1. The molecule has 7 aromatic carbocycles. The van der Waals surface area contributed by atoms with Crippen LogP contribution in [-0.2, 0) is 0 Å². The smallest absolute Gasteiger partial charge is 0.0534 e. The van der Waals surface area contributed by atoms with Crippen molar-refractivity contribution in [1.29, 1.82) is 0 Å². The minimum absolute atomic E-state index is 1.16. The van der Waals surface area contributed by atoms with Crippen molar-refractivity contribution in [2.45, 2.75) is 0 Å². The number of hydrogen-bond donors (Lipinski definition) is 0. The zero-order chi connectivity index (χ0) is 30.5.